The Bertz CT molecular complexity index is 1490. The quantitative estimate of drug-likeness (QED) is 0.159. The van der Waals surface area contributed by atoms with E-state index in [1.165, 1.54) is 12.1 Å². The number of hydrogen-bond acceptors (Lipinski definition) is 7. The van der Waals surface area contributed by atoms with Crippen LogP contribution >= 0.6 is 0 Å². The third-order valence-corrected chi connectivity index (χ3v) is 6.89. The highest BCUT2D eigenvalue weighted by Gasteiger charge is 2.23. The number of anilines is 2. The van der Waals surface area contributed by atoms with Crippen molar-refractivity contribution in [2.45, 2.75) is 58.2 Å². The molecule has 0 saturated heterocycles. The van der Waals surface area contributed by atoms with Crippen LogP contribution in [0.15, 0.2) is 79.0 Å². The highest BCUT2D eigenvalue weighted by Crippen LogP contribution is 2.35. The van der Waals surface area contributed by atoms with Gasteiger partial charge in [-0.15, -0.1) is 0 Å². The molecule has 0 saturated carbocycles. The number of para-hydroxylation sites is 1. The number of nitrogens with zero attached hydrogens (tertiary/aromatic N) is 3. The summed E-state index contributed by atoms with van der Waals surface area (Å²) >= 11 is 0. The number of aliphatic hydroxyl groups excluding tert-OH is 2. The van der Waals surface area contributed by atoms with Gasteiger partial charge in [0.15, 0.2) is 0 Å². The van der Waals surface area contributed by atoms with Crippen molar-refractivity contribution in [2.75, 3.05) is 11.9 Å². The molecule has 42 heavy (non-hydrogen) atoms. The first-order valence-electron chi connectivity index (χ1n) is 14.2. The Morgan fingerprint density at radius 2 is 1.83 bits per heavy atom. The van der Waals surface area contributed by atoms with Crippen LogP contribution in [0.4, 0.5) is 15.9 Å². The Hall–Kier alpha value is -4.34. The van der Waals surface area contributed by atoms with Crippen molar-refractivity contribution in [3.05, 3.63) is 96.1 Å². The van der Waals surface area contributed by atoms with E-state index in [0.29, 0.717) is 5.82 Å². The van der Waals surface area contributed by atoms with Crippen molar-refractivity contribution in [1.82, 2.24) is 14.8 Å². The van der Waals surface area contributed by atoms with Crippen molar-refractivity contribution >= 4 is 23.6 Å². The average Bonchev–Trinajstić information content (AvgIpc) is 3.36. The number of aromatic nitrogens is 3. The summed E-state index contributed by atoms with van der Waals surface area (Å²) in [6, 6.07) is 19.7. The SMILES string of the molecule is CCOC(=O)C[C@H](O)C[C@H](O)/C=C/c1c(C(C)CC)nn(-c2ccnc(Nc3ccccc3)c2)c1-c1ccc(F)cc1. The second-order valence-electron chi connectivity index (χ2n) is 10.1. The van der Waals surface area contributed by atoms with E-state index >= 15 is 0 Å². The zero-order valence-electron chi connectivity index (χ0n) is 24.1. The molecule has 0 aliphatic heterocycles. The summed E-state index contributed by atoms with van der Waals surface area (Å²) in [7, 11) is 0. The molecule has 2 aromatic heterocycles. The minimum atomic E-state index is -1.05. The summed E-state index contributed by atoms with van der Waals surface area (Å²) in [5.41, 5.74) is 4.68. The molecule has 3 N–H and O–H groups in total. The normalized spacial score (nSPS) is 13.6. The topological polar surface area (TPSA) is 110 Å². The van der Waals surface area contributed by atoms with E-state index in [1.54, 1.807) is 37.4 Å². The highest BCUT2D eigenvalue weighted by molar-refractivity contribution is 5.76. The van der Waals surface area contributed by atoms with Crippen molar-refractivity contribution in [3.8, 4) is 16.9 Å². The smallest absolute Gasteiger partial charge is 0.308 e. The third-order valence-electron chi connectivity index (χ3n) is 6.89. The Kier molecular flexibility index (Phi) is 10.6. The molecule has 2 heterocycles. The predicted molar refractivity (Wildman–Crippen MR) is 162 cm³/mol. The standard InChI is InChI=1S/C33H37FN4O4/c1-4-22(3)32-29(16-15-27(39)20-28(40)21-31(41)42-5-2)33(23-11-13-24(34)14-12-23)38(37-32)26-17-18-35-30(19-26)36-25-9-7-6-8-10-25/h6-19,22,27-28,39-40H,4-5,20-21H2,1-3H3,(H,35,36)/b16-15+/t22?,27-,28-/m1/s1. The monoisotopic (exact) mass is 572 g/mol. The molecule has 3 atom stereocenters. The molecule has 220 valence electrons. The molecule has 4 rings (SSSR count). The molecule has 0 fully saturated rings. The van der Waals surface area contributed by atoms with Crippen LogP contribution < -0.4 is 5.32 Å². The largest absolute Gasteiger partial charge is 0.466 e. The van der Waals surface area contributed by atoms with Gasteiger partial charge < -0.3 is 20.3 Å². The highest BCUT2D eigenvalue weighted by atomic mass is 19.1. The number of carbonyl (C=O) groups excluding carboxylic acids is 1. The zero-order valence-corrected chi connectivity index (χ0v) is 24.1. The van der Waals surface area contributed by atoms with Crippen LogP contribution in [0.25, 0.3) is 23.0 Å². The van der Waals surface area contributed by atoms with Crippen LogP contribution in [-0.4, -0.2) is 49.8 Å². The van der Waals surface area contributed by atoms with Gasteiger partial charge in [0.1, 0.15) is 11.6 Å². The lowest BCUT2D eigenvalue weighted by Gasteiger charge is -2.13. The fourth-order valence-electron chi connectivity index (χ4n) is 4.59. The Labute approximate surface area is 245 Å². The molecule has 0 amide bonds. The lowest BCUT2D eigenvalue weighted by atomic mass is 9.96. The Morgan fingerprint density at radius 1 is 1.10 bits per heavy atom. The van der Waals surface area contributed by atoms with E-state index in [9.17, 15) is 19.4 Å². The van der Waals surface area contributed by atoms with E-state index in [0.717, 1.165) is 40.3 Å². The molecule has 0 radical (unpaired) electrons. The molecule has 0 aliphatic rings. The van der Waals surface area contributed by atoms with Crippen molar-refractivity contribution in [1.29, 1.82) is 0 Å². The Balaban J connectivity index is 1.75. The molecule has 0 bridgehead atoms. The van der Waals surface area contributed by atoms with Gasteiger partial charge in [0, 0.05) is 41.4 Å². The third kappa shape index (κ3) is 7.90. The molecule has 2 aromatic carbocycles. The lowest BCUT2D eigenvalue weighted by Crippen LogP contribution is -2.20. The van der Waals surface area contributed by atoms with Crippen LogP contribution in [0.5, 0.6) is 0 Å². The molecule has 0 spiro atoms. The first-order valence-corrected chi connectivity index (χ1v) is 14.2. The molecule has 1 unspecified atom stereocenters. The molecule has 4 aromatic rings. The number of aliphatic hydroxyl groups is 2. The number of benzene rings is 2. The number of nitrogens with one attached hydrogen (secondary N) is 1. The second-order valence-corrected chi connectivity index (χ2v) is 10.1. The molecular weight excluding hydrogens is 535 g/mol. The van der Waals surface area contributed by atoms with Crippen LogP contribution in [0.2, 0.25) is 0 Å². The minimum Gasteiger partial charge on any atom is -0.466 e. The van der Waals surface area contributed by atoms with Crippen molar-refractivity contribution in [3.63, 3.8) is 0 Å². The number of halogens is 1. The van der Waals surface area contributed by atoms with E-state index in [4.69, 9.17) is 9.84 Å². The average molecular weight is 573 g/mol. The second kappa shape index (κ2) is 14.5. The van der Waals surface area contributed by atoms with E-state index in [-0.39, 0.29) is 31.2 Å². The molecular formula is C33H37FN4O4. The van der Waals surface area contributed by atoms with Crippen LogP contribution in [0.3, 0.4) is 0 Å². The Morgan fingerprint density at radius 3 is 2.52 bits per heavy atom. The van der Waals surface area contributed by atoms with Gasteiger partial charge in [-0.05, 0) is 55.8 Å². The van der Waals surface area contributed by atoms with Gasteiger partial charge in [-0.2, -0.15) is 5.10 Å². The maximum absolute atomic E-state index is 13.9. The summed E-state index contributed by atoms with van der Waals surface area (Å²) in [5.74, 6) is -0.167. The maximum atomic E-state index is 13.9. The van der Waals surface area contributed by atoms with E-state index in [2.05, 4.69) is 24.1 Å². The predicted octanol–water partition coefficient (Wildman–Crippen LogP) is 6.41. The first kappa shape index (κ1) is 30.6. The van der Waals surface area contributed by atoms with Gasteiger partial charge in [0.05, 0.1) is 42.3 Å². The molecule has 8 nitrogen and oxygen atoms in total. The van der Waals surface area contributed by atoms with Crippen molar-refractivity contribution in [2.24, 2.45) is 0 Å². The first-order chi connectivity index (χ1) is 20.3. The number of carbonyl (C=O) groups is 1. The van der Waals surface area contributed by atoms with Crippen LogP contribution in [0, 0.1) is 5.82 Å². The maximum Gasteiger partial charge on any atom is 0.308 e. The number of hydrogen-bond donors (Lipinski definition) is 3. The van der Waals surface area contributed by atoms with Crippen molar-refractivity contribution < 1.29 is 24.1 Å². The van der Waals surface area contributed by atoms with Gasteiger partial charge in [-0.25, -0.2) is 14.1 Å². The minimum absolute atomic E-state index is 0.0349. The summed E-state index contributed by atoms with van der Waals surface area (Å²) in [6.07, 6.45) is 3.58. The van der Waals surface area contributed by atoms with E-state index < -0.39 is 18.2 Å². The van der Waals surface area contributed by atoms with E-state index in [1.807, 2.05) is 47.1 Å². The van der Waals surface area contributed by atoms with Gasteiger partial charge in [0.2, 0.25) is 0 Å². The number of rotatable bonds is 13. The summed E-state index contributed by atoms with van der Waals surface area (Å²) in [6.45, 7) is 6.07. The van der Waals surface area contributed by atoms with Gasteiger partial charge >= 0.3 is 5.97 Å². The summed E-state index contributed by atoms with van der Waals surface area (Å²) < 4.78 is 20.7. The fraction of sp³-hybridized carbons (Fsp3) is 0.303. The van der Waals surface area contributed by atoms with Gasteiger partial charge in [0.25, 0.3) is 0 Å². The lowest BCUT2D eigenvalue weighted by molar-refractivity contribution is -0.145. The van der Waals surface area contributed by atoms with Gasteiger partial charge in [-0.3, -0.25) is 4.79 Å². The number of esters is 1. The van der Waals surface area contributed by atoms with Gasteiger partial charge in [-0.1, -0.05) is 44.2 Å². The molecule has 0 aliphatic carbocycles. The molecule has 9 heteroatoms. The fourth-order valence-corrected chi connectivity index (χ4v) is 4.59. The number of pyridine rings is 1. The summed E-state index contributed by atoms with van der Waals surface area (Å²) in [5, 5.41) is 29.3. The summed E-state index contributed by atoms with van der Waals surface area (Å²) in [4.78, 5) is 16.2. The van der Waals surface area contributed by atoms with Crippen LogP contribution in [-0.2, 0) is 9.53 Å². The number of ether oxygens (including phenoxy) is 1. The zero-order chi connectivity index (χ0) is 30.1. The van der Waals surface area contributed by atoms with Crippen LogP contribution in [0.1, 0.15) is 57.2 Å².